The zero-order chi connectivity index (χ0) is 24.2. The van der Waals surface area contributed by atoms with Crippen molar-refractivity contribution in [2.24, 2.45) is 5.16 Å². The summed E-state index contributed by atoms with van der Waals surface area (Å²) in [7, 11) is 1.57. The fourth-order valence-electron chi connectivity index (χ4n) is 3.97. The minimum absolute atomic E-state index is 0.586. The predicted molar refractivity (Wildman–Crippen MR) is 136 cm³/mol. The summed E-state index contributed by atoms with van der Waals surface area (Å²) in [6, 6.07) is 8.21. The Morgan fingerprint density at radius 2 is 1.33 bits per heavy atom. The lowest BCUT2D eigenvalue weighted by Crippen LogP contribution is -2.05. The Hall–Kier alpha value is -2.95. The van der Waals surface area contributed by atoms with Gasteiger partial charge in [-0.3, -0.25) is 0 Å². The Balaban J connectivity index is 1.75. The van der Waals surface area contributed by atoms with Crippen LogP contribution >= 0.6 is 0 Å². The average molecular weight is 454 g/mol. The molecule has 2 aromatic rings. The van der Waals surface area contributed by atoms with E-state index in [0.717, 1.165) is 70.0 Å². The molecule has 5 nitrogen and oxygen atoms in total. The van der Waals surface area contributed by atoms with Gasteiger partial charge in [-0.25, -0.2) is 0 Å². The molecule has 0 bridgehead atoms. The van der Waals surface area contributed by atoms with E-state index in [-0.39, 0.29) is 0 Å². The van der Waals surface area contributed by atoms with E-state index in [0.29, 0.717) is 19.8 Å². The van der Waals surface area contributed by atoms with Crippen molar-refractivity contribution in [3.05, 3.63) is 64.2 Å². The molecule has 0 aliphatic heterocycles. The van der Waals surface area contributed by atoms with Crippen LogP contribution in [0.15, 0.2) is 41.6 Å². The molecule has 0 heterocycles. The number of hydrogen-bond donors (Lipinski definition) is 0. The van der Waals surface area contributed by atoms with E-state index in [9.17, 15) is 0 Å². The van der Waals surface area contributed by atoms with Crippen LogP contribution in [-0.4, -0.2) is 32.6 Å². The van der Waals surface area contributed by atoms with Gasteiger partial charge < -0.3 is 19.0 Å². The number of benzene rings is 2. The fourth-order valence-corrected chi connectivity index (χ4v) is 3.97. The van der Waals surface area contributed by atoms with Crippen molar-refractivity contribution in [1.82, 2.24) is 0 Å². The second-order valence-corrected chi connectivity index (χ2v) is 8.32. The number of oxime groups is 1. The first-order valence-corrected chi connectivity index (χ1v) is 11.7. The summed E-state index contributed by atoms with van der Waals surface area (Å²) in [5.74, 6) is 2.74. The molecule has 0 saturated heterocycles. The van der Waals surface area contributed by atoms with E-state index in [4.69, 9.17) is 19.0 Å². The third-order valence-corrected chi connectivity index (χ3v) is 5.42. The van der Waals surface area contributed by atoms with Gasteiger partial charge in [0, 0.05) is 5.56 Å². The van der Waals surface area contributed by atoms with Crippen LogP contribution in [0.3, 0.4) is 0 Å². The third-order valence-electron chi connectivity index (χ3n) is 5.42. The third kappa shape index (κ3) is 8.16. The van der Waals surface area contributed by atoms with Gasteiger partial charge in [-0.2, -0.15) is 0 Å². The molecule has 0 atom stereocenters. The van der Waals surface area contributed by atoms with Gasteiger partial charge in [0.25, 0.3) is 0 Å². The van der Waals surface area contributed by atoms with E-state index >= 15 is 0 Å². The molecule has 0 N–H and O–H groups in total. The van der Waals surface area contributed by atoms with Crippen LogP contribution < -0.4 is 14.2 Å². The smallest absolute Gasteiger partial charge is 0.125 e. The van der Waals surface area contributed by atoms with Gasteiger partial charge in [-0.15, -0.1) is 0 Å². The Kier molecular flexibility index (Phi) is 10.8. The topological polar surface area (TPSA) is 49.3 Å². The molecule has 0 fully saturated rings. The summed E-state index contributed by atoms with van der Waals surface area (Å²) in [5.41, 5.74) is 6.48. The Bertz CT molecular complexity index is 916. The summed E-state index contributed by atoms with van der Waals surface area (Å²) in [6.07, 6.45) is 7.02. The largest absolute Gasteiger partial charge is 0.494 e. The Morgan fingerprint density at radius 1 is 0.788 bits per heavy atom. The molecule has 2 aromatic carbocycles. The van der Waals surface area contributed by atoms with Gasteiger partial charge in [0.15, 0.2) is 0 Å². The van der Waals surface area contributed by atoms with Crippen LogP contribution in [-0.2, 0) is 4.84 Å². The highest BCUT2D eigenvalue weighted by atomic mass is 16.6. The first kappa shape index (κ1) is 26.3. The highest BCUT2D eigenvalue weighted by molar-refractivity contribution is 6.01. The number of nitrogens with zero attached hydrogens (tertiary/aromatic N) is 1. The lowest BCUT2D eigenvalue weighted by atomic mass is 9.99. The van der Waals surface area contributed by atoms with E-state index in [1.165, 1.54) is 0 Å². The van der Waals surface area contributed by atoms with Crippen LogP contribution in [0.5, 0.6) is 17.2 Å². The minimum atomic E-state index is 0.586. The molecule has 0 aromatic heterocycles. The van der Waals surface area contributed by atoms with E-state index < -0.39 is 0 Å². The molecule has 0 aliphatic carbocycles. The van der Waals surface area contributed by atoms with Crippen molar-refractivity contribution in [3.8, 4) is 17.2 Å². The van der Waals surface area contributed by atoms with Crippen LogP contribution in [0.4, 0.5) is 0 Å². The summed E-state index contributed by atoms with van der Waals surface area (Å²) < 4.78 is 17.8. The molecule has 2 rings (SSSR count). The van der Waals surface area contributed by atoms with Crippen LogP contribution in [0, 0.1) is 27.7 Å². The van der Waals surface area contributed by atoms with Gasteiger partial charge in [-0.1, -0.05) is 17.3 Å². The van der Waals surface area contributed by atoms with Crippen LogP contribution in [0.2, 0.25) is 0 Å². The van der Waals surface area contributed by atoms with Crippen molar-refractivity contribution < 1.29 is 19.0 Å². The number of allylic oxidation sites excluding steroid dienone is 1. The second-order valence-electron chi connectivity index (χ2n) is 8.32. The first-order valence-electron chi connectivity index (χ1n) is 11.7. The zero-order valence-electron chi connectivity index (χ0n) is 21.3. The van der Waals surface area contributed by atoms with Gasteiger partial charge in [0.05, 0.1) is 18.9 Å². The standard InChI is InChI=1S/C28H39NO4/c1-8-9-13-31-26-18-22(4)28(23(5)19-26)33-15-12-10-11-14-32-25-16-20(2)27(21(3)17-25)24(6)29-30-7/h8-9,16-19H,10-15H2,1-7H3/b9-8+,29-24?. The molecular formula is C28H39NO4. The van der Waals surface area contributed by atoms with Crippen molar-refractivity contribution in [2.45, 2.75) is 60.8 Å². The molecule has 180 valence electrons. The number of unbranched alkanes of at least 4 members (excludes halogenated alkanes) is 2. The monoisotopic (exact) mass is 453 g/mol. The maximum Gasteiger partial charge on any atom is 0.125 e. The molecule has 33 heavy (non-hydrogen) atoms. The second kappa shape index (κ2) is 13.6. The Morgan fingerprint density at radius 3 is 1.91 bits per heavy atom. The summed E-state index contributed by atoms with van der Waals surface area (Å²) in [6.45, 7) is 14.2. The van der Waals surface area contributed by atoms with Crippen molar-refractivity contribution >= 4 is 5.71 Å². The maximum atomic E-state index is 6.07. The van der Waals surface area contributed by atoms with Gasteiger partial charge in [0.2, 0.25) is 0 Å². The molecule has 0 spiro atoms. The molecular weight excluding hydrogens is 414 g/mol. The molecule has 0 aliphatic rings. The summed E-state index contributed by atoms with van der Waals surface area (Å²) in [4.78, 5) is 4.91. The molecule has 0 amide bonds. The first-order chi connectivity index (χ1) is 15.9. The number of rotatable bonds is 13. The molecule has 0 unspecified atom stereocenters. The highest BCUT2D eigenvalue weighted by Gasteiger charge is 2.10. The van der Waals surface area contributed by atoms with Gasteiger partial charge >= 0.3 is 0 Å². The fraction of sp³-hybridized carbons (Fsp3) is 0.464. The lowest BCUT2D eigenvalue weighted by Gasteiger charge is -2.15. The SMILES string of the molecule is C/C=C/COc1cc(C)c(OCCCCCOc2cc(C)c(C(C)=NOC)c(C)c2)c(C)c1. The predicted octanol–water partition coefficient (Wildman–Crippen LogP) is 6.87. The van der Waals surface area contributed by atoms with Gasteiger partial charge in [-0.05, 0) is 107 Å². The number of ether oxygens (including phenoxy) is 3. The van der Waals surface area contributed by atoms with Crippen molar-refractivity contribution in [1.29, 1.82) is 0 Å². The lowest BCUT2D eigenvalue weighted by molar-refractivity contribution is 0.213. The highest BCUT2D eigenvalue weighted by Crippen LogP contribution is 2.29. The minimum Gasteiger partial charge on any atom is -0.494 e. The number of aryl methyl sites for hydroxylation is 4. The molecule has 0 radical (unpaired) electrons. The maximum absolute atomic E-state index is 6.07. The normalized spacial score (nSPS) is 11.7. The van der Waals surface area contributed by atoms with Crippen LogP contribution in [0.25, 0.3) is 0 Å². The summed E-state index contributed by atoms with van der Waals surface area (Å²) >= 11 is 0. The van der Waals surface area contributed by atoms with Crippen molar-refractivity contribution in [2.75, 3.05) is 26.9 Å². The van der Waals surface area contributed by atoms with E-state index in [1.807, 2.05) is 38.1 Å². The molecule has 0 saturated carbocycles. The van der Waals surface area contributed by atoms with E-state index in [2.05, 4.69) is 45.0 Å². The number of hydrogen-bond acceptors (Lipinski definition) is 5. The van der Waals surface area contributed by atoms with Gasteiger partial charge in [0.1, 0.15) is 31.0 Å². The Labute approximate surface area is 199 Å². The molecule has 5 heteroatoms. The summed E-state index contributed by atoms with van der Waals surface area (Å²) in [5, 5.41) is 4.06. The zero-order valence-corrected chi connectivity index (χ0v) is 21.3. The average Bonchev–Trinajstić information content (AvgIpc) is 2.74. The van der Waals surface area contributed by atoms with E-state index in [1.54, 1.807) is 7.11 Å². The van der Waals surface area contributed by atoms with Crippen molar-refractivity contribution in [3.63, 3.8) is 0 Å². The van der Waals surface area contributed by atoms with Crippen LogP contribution in [0.1, 0.15) is 60.9 Å². The quantitative estimate of drug-likeness (QED) is 0.144.